The second kappa shape index (κ2) is 2.51. The zero-order chi connectivity index (χ0) is 7.56. The van der Waals surface area contributed by atoms with E-state index in [9.17, 15) is 4.79 Å². The molecule has 0 amide bonds. The maximum atomic E-state index is 10.7. The predicted octanol–water partition coefficient (Wildman–Crippen LogP) is -0.0892. The van der Waals surface area contributed by atoms with Crippen molar-refractivity contribution in [1.29, 1.82) is 0 Å². The van der Waals surface area contributed by atoms with E-state index in [0.29, 0.717) is 0 Å². The van der Waals surface area contributed by atoms with Crippen molar-refractivity contribution in [1.82, 2.24) is 8.96 Å². The molecule has 0 saturated heterocycles. The van der Waals surface area contributed by atoms with E-state index < -0.39 is 5.69 Å². The van der Waals surface area contributed by atoms with Gasteiger partial charge < -0.3 is 5.73 Å². The zero-order valence-electron chi connectivity index (χ0n) is 5.02. The highest BCUT2D eigenvalue weighted by molar-refractivity contribution is 7.86. The molecule has 1 heterocycles. The Labute approximate surface area is 61.0 Å². The second-order valence-electron chi connectivity index (χ2n) is 1.57. The van der Waals surface area contributed by atoms with Gasteiger partial charge in [-0.3, -0.25) is 0 Å². The van der Waals surface area contributed by atoms with E-state index >= 15 is 0 Å². The molecular weight excluding hydrogens is 150 g/mol. The highest BCUT2D eigenvalue weighted by atomic mass is 32.1. The van der Waals surface area contributed by atoms with E-state index in [1.807, 2.05) is 0 Å². The Morgan fingerprint density at radius 1 is 1.80 bits per heavy atom. The molecule has 0 saturated carbocycles. The molecule has 0 bridgehead atoms. The summed E-state index contributed by atoms with van der Waals surface area (Å²) in [5, 5.41) is 0. The number of rotatable bonds is 0. The third-order valence-electron chi connectivity index (χ3n) is 0.908. The lowest BCUT2D eigenvalue weighted by Crippen LogP contribution is -2.17. The number of hydrogen-bond acceptors (Lipinski definition) is 3. The van der Waals surface area contributed by atoms with Gasteiger partial charge in [-0.25, -0.2) is 8.77 Å². The van der Waals surface area contributed by atoms with Crippen molar-refractivity contribution in [3.63, 3.8) is 0 Å². The highest BCUT2D eigenvalue weighted by Crippen LogP contribution is 1.90. The van der Waals surface area contributed by atoms with E-state index in [1.54, 1.807) is 0 Å². The van der Waals surface area contributed by atoms with Gasteiger partial charge in [0.1, 0.15) is 5.82 Å². The molecule has 52 valence electrons. The van der Waals surface area contributed by atoms with Crippen molar-refractivity contribution in [2.45, 2.75) is 0 Å². The minimum atomic E-state index is -0.451. The van der Waals surface area contributed by atoms with Crippen LogP contribution >= 0.6 is 11.4 Å². The average Bonchev–Trinajstić information content (AvgIpc) is 1.88. The van der Waals surface area contributed by atoms with Crippen LogP contribution in [0.4, 0.5) is 5.82 Å². The molecule has 1 rings (SSSR count). The Hall–Kier alpha value is -1.32. The molecular formula is C5H5N3OS. The molecule has 0 atom stereocenters. The van der Waals surface area contributed by atoms with Crippen LogP contribution in [0.25, 0.3) is 0 Å². The molecule has 2 N–H and O–H groups in total. The highest BCUT2D eigenvalue weighted by Gasteiger charge is 1.91. The topological polar surface area (TPSA) is 60.9 Å². The molecule has 0 unspecified atom stereocenters. The SMILES string of the molecule is C#Sn1ccc(N)nc1=O. The summed E-state index contributed by atoms with van der Waals surface area (Å²) in [7, 11) is 0. The first-order chi connectivity index (χ1) is 4.74. The molecule has 0 spiro atoms. The van der Waals surface area contributed by atoms with Gasteiger partial charge in [-0.2, -0.15) is 4.98 Å². The van der Waals surface area contributed by atoms with Gasteiger partial charge in [0.2, 0.25) is 0 Å². The molecule has 10 heavy (non-hydrogen) atoms. The first kappa shape index (κ1) is 6.80. The standard InChI is InChI=1S/C5H5N3OS/c1-10-8-3-2-4(6)7-5(8)9/h1-3H,(H2,6,7,9). The second-order valence-corrected chi connectivity index (χ2v) is 2.17. The Morgan fingerprint density at radius 3 is 3.00 bits per heavy atom. The van der Waals surface area contributed by atoms with E-state index in [0.717, 1.165) is 11.4 Å². The number of nitrogens with two attached hydrogens (primary N) is 1. The van der Waals surface area contributed by atoms with Crippen LogP contribution in [0.1, 0.15) is 0 Å². The van der Waals surface area contributed by atoms with E-state index in [1.165, 1.54) is 16.2 Å². The van der Waals surface area contributed by atoms with E-state index in [4.69, 9.17) is 11.4 Å². The molecule has 5 heteroatoms. The normalized spacial score (nSPS) is 9.10. The number of nitrogens with zero attached hydrogens (tertiary/aromatic N) is 2. The van der Waals surface area contributed by atoms with Gasteiger partial charge in [0, 0.05) is 6.20 Å². The first-order valence-corrected chi connectivity index (χ1v) is 3.30. The van der Waals surface area contributed by atoms with Crippen LogP contribution in [0, 0.1) is 5.69 Å². The van der Waals surface area contributed by atoms with Crippen LogP contribution in [0.5, 0.6) is 0 Å². The van der Waals surface area contributed by atoms with E-state index in [2.05, 4.69) is 4.98 Å². The maximum Gasteiger partial charge on any atom is 0.363 e. The fraction of sp³-hybridized carbons (Fsp3) is 0. The Bertz CT molecular complexity index is 337. The number of anilines is 1. The van der Waals surface area contributed by atoms with Crippen molar-refractivity contribution < 1.29 is 0 Å². The fourth-order valence-electron chi connectivity index (χ4n) is 0.485. The Kier molecular flexibility index (Phi) is 1.71. The van der Waals surface area contributed by atoms with Gasteiger partial charge in [0.05, 0.1) is 0 Å². The number of nitrogen functional groups attached to an aromatic ring is 1. The Balaban J connectivity index is 3.38. The van der Waals surface area contributed by atoms with Crippen LogP contribution in [-0.2, 0) is 0 Å². The van der Waals surface area contributed by atoms with Gasteiger partial charge >= 0.3 is 5.69 Å². The lowest BCUT2D eigenvalue weighted by Gasteiger charge is -1.91. The summed E-state index contributed by atoms with van der Waals surface area (Å²) in [5.41, 5.74) is 9.86. The van der Waals surface area contributed by atoms with Crippen LogP contribution in [0.2, 0.25) is 0 Å². The molecule has 0 aliphatic rings. The van der Waals surface area contributed by atoms with Crippen LogP contribution in [-0.4, -0.2) is 8.96 Å². The fourth-order valence-corrected chi connectivity index (χ4v) is 0.747. The van der Waals surface area contributed by atoms with Crippen molar-refractivity contribution in [2.24, 2.45) is 0 Å². The minimum Gasteiger partial charge on any atom is -0.383 e. The lowest BCUT2D eigenvalue weighted by atomic mass is 10.6. The predicted molar refractivity (Wildman–Crippen MR) is 40.8 cm³/mol. The molecule has 0 aromatic carbocycles. The van der Waals surface area contributed by atoms with Crippen molar-refractivity contribution in [3.8, 4) is 5.69 Å². The summed E-state index contributed by atoms with van der Waals surface area (Å²) in [5.74, 6) is 0.204. The third-order valence-corrected chi connectivity index (χ3v) is 1.41. The monoisotopic (exact) mass is 155 g/mol. The van der Waals surface area contributed by atoms with Crippen molar-refractivity contribution >= 4 is 17.2 Å². The number of hydrogen-bond donors (Lipinski definition) is 1. The minimum absolute atomic E-state index is 0.204. The van der Waals surface area contributed by atoms with Gasteiger partial charge in [-0.1, -0.05) is 5.69 Å². The maximum absolute atomic E-state index is 10.7. The quantitative estimate of drug-likeness (QED) is 0.569. The van der Waals surface area contributed by atoms with Gasteiger partial charge in [-0.05, 0) is 17.4 Å². The summed E-state index contributed by atoms with van der Waals surface area (Å²) in [4.78, 5) is 14.2. The van der Waals surface area contributed by atoms with Crippen LogP contribution in [0.3, 0.4) is 0 Å². The summed E-state index contributed by atoms with van der Waals surface area (Å²) >= 11 is 0.790. The average molecular weight is 155 g/mol. The van der Waals surface area contributed by atoms with Crippen LogP contribution in [0.15, 0.2) is 17.1 Å². The molecule has 0 radical (unpaired) electrons. The van der Waals surface area contributed by atoms with Crippen molar-refractivity contribution in [3.05, 3.63) is 22.7 Å². The lowest BCUT2D eigenvalue weighted by molar-refractivity contribution is 1.03. The number of aromatic nitrogens is 2. The smallest absolute Gasteiger partial charge is 0.363 e. The molecule has 0 aliphatic carbocycles. The first-order valence-electron chi connectivity index (χ1n) is 2.46. The summed E-state index contributed by atoms with van der Waals surface area (Å²) in [6.07, 6.45) is 1.47. The molecule has 0 fully saturated rings. The third kappa shape index (κ3) is 1.15. The van der Waals surface area contributed by atoms with Crippen LogP contribution < -0.4 is 11.4 Å². The summed E-state index contributed by atoms with van der Waals surface area (Å²) in [6, 6.07) is 1.50. The Morgan fingerprint density at radius 2 is 2.50 bits per heavy atom. The van der Waals surface area contributed by atoms with Gasteiger partial charge in [-0.15, -0.1) is 0 Å². The van der Waals surface area contributed by atoms with Crippen molar-refractivity contribution in [2.75, 3.05) is 5.73 Å². The van der Waals surface area contributed by atoms with E-state index in [-0.39, 0.29) is 5.82 Å². The van der Waals surface area contributed by atoms with Gasteiger partial charge in [0.15, 0.2) is 0 Å². The summed E-state index contributed by atoms with van der Waals surface area (Å²) in [6.45, 7) is 0. The molecule has 1 aromatic heterocycles. The molecule has 4 nitrogen and oxygen atoms in total. The molecule has 1 aromatic rings. The molecule has 0 aliphatic heterocycles. The largest absolute Gasteiger partial charge is 0.383 e. The summed E-state index contributed by atoms with van der Waals surface area (Å²) < 4.78 is 1.18. The zero-order valence-corrected chi connectivity index (χ0v) is 5.84. The van der Waals surface area contributed by atoms with Gasteiger partial charge in [0.25, 0.3) is 0 Å².